The maximum atomic E-state index is 6.10. The minimum absolute atomic E-state index is 0.0397. The zero-order valence-electron chi connectivity index (χ0n) is 12.2. The summed E-state index contributed by atoms with van der Waals surface area (Å²) < 4.78 is 0. The molecule has 1 aliphatic heterocycles. The van der Waals surface area contributed by atoms with E-state index in [2.05, 4.69) is 37.8 Å². The van der Waals surface area contributed by atoms with Gasteiger partial charge in [0.2, 0.25) is 0 Å². The summed E-state index contributed by atoms with van der Waals surface area (Å²) in [5.41, 5.74) is 7.45. The smallest absolute Gasteiger partial charge is 0.0406 e. The largest absolute Gasteiger partial charge is 0.329 e. The molecule has 106 valence electrons. The SMILES string of the molecule is CC1CC(C)N(C(C)(CN)Cc2ccc(Cl)cc2)C1. The average Bonchev–Trinajstić information content (AvgIpc) is 2.72. The van der Waals surface area contributed by atoms with Gasteiger partial charge < -0.3 is 5.73 Å². The normalized spacial score (nSPS) is 27.4. The van der Waals surface area contributed by atoms with Crippen LogP contribution in [0.25, 0.3) is 0 Å². The molecule has 3 atom stereocenters. The van der Waals surface area contributed by atoms with Crippen molar-refractivity contribution in [3.63, 3.8) is 0 Å². The Morgan fingerprint density at radius 1 is 1.32 bits per heavy atom. The fourth-order valence-corrected chi connectivity index (χ4v) is 3.51. The van der Waals surface area contributed by atoms with Crippen LogP contribution in [-0.4, -0.2) is 29.6 Å². The molecule has 2 rings (SSSR count). The van der Waals surface area contributed by atoms with Gasteiger partial charge in [0.25, 0.3) is 0 Å². The van der Waals surface area contributed by atoms with E-state index in [0.29, 0.717) is 12.6 Å². The monoisotopic (exact) mass is 280 g/mol. The number of hydrogen-bond donors (Lipinski definition) is 1. The van der Waals surface area contributed by atoms with Crippen LogP contribution in [0.2, 0.25) is 5.02 Å². The Morgan fingerprint density at radius 2 is 1.95 bits per heavy atom. The molecule has 2 N–H and O–H groups in total. The molecular weight excluding hydrogens is 256 g/mol. The zero-order valence-corrected chi connectivity index (χ0v) is 13.0. The van der Waals surface area contributed by atoms with Crippen molar-refractivity contribution in [2.24, 2.45) is 11.7 Å². The lowest BCUT2D eigenvalue weighted by Crippen LogP contribution is -2.54. The fraction of sp³-hybridized carbons (Fsp3) is 0.625. The molecule has 0 amide bonds. The van der Waals surface area contributed by atoms with Gasteiger partial charge in [-0.05, 0) is 50.3 Å². The zero-order chi connectivity index (χ0) is 14.0. The standard InChI is InChI=1S/C16H25ClN2/c1-12-8-13(2)19(10-12)16(3,11-18)9-14-4-6-15(17)7-5-14/h4-7,12-13H,8-11,18H2,1-3H3. The van der Waals surface area contributed by atoms with Crippen LogP contribution in [0, 0.1) is 5.92 Å². The minimum Gasteiger partial charge on any atom is -0.329 e. The van der Waals surface area contributed by atoms with Crippen LogP contribution in [0.4, 0.5) is 0 Å². The Kier molecular flexibility index (Phi) is 4.54. The van der Waals surface area contributed by atoms with Crippen molar-refractivity contribution in [3.8, 4) is 0 Å². The maximum absolute atomic E-state index is 6.10. The Bertz CT molecular complexity index is 417. The second kappa shape index (κ2) is 5.82. The Morgan fingerprint density at radius 3 is 2.42 bits per heavy atom. The summed E-state index contributed by atoms with van der Waals surface area (Å²) >= 11 is 5.95. The number of nitrogens with two attached hydrogens (primary N) is 1. The van der Waals surface area contributed by atoms with Crippen LogP contribution in [-0.2, 0) is 6.42 Å². The van der Waals surface area contributed by atoms with Crippen LogP contribution < -0.4 is 5.73 Å². The summed E-state index contributed by atoms with van der Waals surface area (Å²) in [5, 5.41) is 0.793. The Labute approximate surface area is 121 Å². The summed E-state index contributed by atoms with van der Waals surface area (Å²) in [6, 6.07) is 8.77. The molecule has 3 unspecified atom stereocenters. The molecule has 2 nitrogen and oxygen atoms in total. The highest BCUT2D eigenvalue weighted by molar-refractivity contribution is 6.30. The summed E-state index contributed by atoms with van der Waals surface area (Å²) in [7, 11) is 0. The van der Waals surface area contributed by atoms with E-state index in [-0.39, 0.29) is 5.54 Å². The van der Waals surface area contributed by atoms with E-state index >= 15 is 0 Å². The lowest BCUT2D eigenvalue weighted by Gasteiger charge is -2.41. The van der Waals surface area contributed by atoms with Gasteiger partial charge in [0.15, 0.2) is 0 Å². The van der Waals surface area contributed by atoms with E-state index in [4.69, 9.17) is 17.3 Å². The van der Waals surface area contributed by atoms with Gasteiger partial charge in [-0.2, -0.15) is 0 Å². The predicted molar refractivity (Wildman–Crippen MR) is 82.6 cm³/mol. The molecule has 1 heterocycles. The molecule has 0 aromatic heterocycles. The third kappa shape index (κ3) is 3.31. The molecule has 19 heavy (non-hydrogen) atoms. The van der Waals surface area contributed by atoms with E-state index in [1.54, 1.807) is 0 Å². The predicted octanol–water partition coefficient (Wildman–Crippen LogP) is 3.33. The summed E-state index contributed by atoms with van der Waals surface area (Å²) in [6.45, 7) is 8.78. The van der Waals surface area contributed by atoms with Gasteiger partial charge in [-0.3, -0.25) is 4.90 Å². The third-order valence-corrected chi connectivity index (χ3v) is 4.67. The van der Waals surface area contributed by atoms with Crippen LogP contribution >= 0.6 is 11.6 Å². The number of nitrogens with zero attached hydrogens (tertiary/aromatic N) is 1. The molecule has 1 aliphatic rings. The first kappa shape index (κ1) is 14.8. The van der Waals surface area contributed by atoms with E-state index in [1.165, 1.54) is 12.0 Å². The Hall–Kier alpha value is -0.570. The van der Waals surface area contributed by atoms with E-state index < -0.39 is 0 Å². The Balaban J connectivity index is 2.15. The first-order chi connectivity index (χ1) is 8.94. The van der Waals surface area contributed by atoms with E-state index in [0.717, 1.165) is 23.9 Å². The highest BCUT2D eigenvalue weighted by Crippen LogP contribution is 2.32. The molecule has 0 radical (unpaired) electrons. The molecule has 1 saturated heterocycles. The number of benzene rings is 1. The molecule has 1 aromatic rings. The van der Waals surface area contributed by atoms with E-state index in [1.807, 2.05) is 12.1 Å². The van der Waals surface area contributed by atoms with Crippen molar-refractivity contribution in [1.82, 2.24) is 4.90 Å². The molecule has 0 saturated carbocycles. The lowest BCUT2D eigenvalue weighted by atomic mass is 9.90. The number of likely N-dealkylation sites (tertiary alicyclic amines) is 1. The minimum atomic E-state index is 0.0397. The number of hydrogen-bond acceptors (Lipinski definition) is 2. The molecule has 1 aromatic carbocycles. The summed E-state index contributed by atoms with van der Waals surface area (Å²) in [5.74, 6) is 0.770. The fourth-order valence-electron chi connectivity index (χ4n) is 3.39. The molecule has 0 bridgehead atoms. The first-order valence-electron chi connectivity index (χ1n) is 7.16. The second-order valence-electron chi connectivity index (χ2n) is 6.35. The molecular formula is C16H25ClN2. The van der Waals surface area contributed by atoms with Crippen molar-refractivity contribution >= 4 is 11.6 Å². The van der Waals surface area contributed by atoms with Crippen molar-refractivity contribution < 1.29 is 0 Å². The molecule has 0 spiro atoms. The van der Waals surface area contributed by atoms with Gasteiger partial charge in [-0.25, -0.2) is 0 Å². The van der Waals surface area contributed by atoms with Crippen LogP contribution in [0.3, 0.4) is 0 Å². The third-order valence-electron chi connectivity index (χ3n) is 4.42. The van der Waals surface area contributed by atoms with Crippen molar-refractivity contribution in [3.05, 3.63) is 34.9 Å². The van der Waals surface area contributed by atoms with Crippen LogP contribution in [0.5, 0.6) is 0 Å². The maximum Gasteiger partial charge on any atom is 0.0406 e. The van der Waals surface area contributed by atoms with Crippen LogP contribution in [0.1, 0.15) is 32.8 Å². The molecule has 0 aliphatic carbocycles. The number of rotatable bonds is 4. The van der Waals surface area contributed by atoms with Crippen molar-refractivity contribution in [1.29, 1.82) is 0 Å². The molecule has 3 heteroatoms. The lowest BCUT2D eigenvalue weighted by molar-refractivity contribution is 0.101. The second-order valence-corrected chi connectivity index (χ2v) is 6.78. The van der Waals surface area contributed by atoms with Gasteiger partial charge in [-0.1, -0.05) is 30.7 Å². The first-order valence-corrected chi connectivity index (χ1v) is 7.53. The van der Waals surface area contributed by atoms with Gasteiger partial charge in [0, 0.05) is 29.7 Å². The highest BCUT2D eigenvalue weighted by Gasteiger charge is 2.38. The van der Waals surface area contributed by atoms with Crippen molar-refractivity contribution in [2.75, 3.05) is 13.1 Å². The van der Waals surface area contributed by atoms with Gasteiger partial charge in [0.1, 0.15) is 0 Å². The highest BCUT2D eigenvalue weighted by atomic mass is 35.5. The summed E-state index contributed by atoms with van der Waals surface area (Å²) in [4.78, 5) is 2.59. The van der Waals surface area contributed by atoms with E-state index in [9.17, 15) is 0 Å². The van der Waals surface area contributed by atoms with Gasteiger partial charge in [0.05, 0.1) is 0 Å². The average molecular weight is 281 g/mol. The quantitative estimate of drug-likeness (QED) is 0.917. The summed E-state index contributed by atoms with van der Waals surface area (Å²) in [6.07, 6.45) is 2.26. The van der Waals surface area contributed by atoms with Crippen LogP contribution in [0.15, 0.2) is 24.3 Å². The molecule has 1 fully saturated rings. The number of halogens is 1. The topological polar surface area (TPSA) is 29.3 Å². The van der Waals surface area contributed by atoms with Crippen molar-refractivity contribution in [2.45, 2.75) is 45.2 Å². The van der Waals surface area contributed by atoms with Gasteiger partial charge >= 0.3 is 0 Å². The van der Waals surface area contributed by atoms with Gasteiger partial charge in [-0.15, -0.1) is 0 Å².